The number of nitrogens with zero attached hydrogens (tertiary/aromatic N) is 2. The van der Waals surface area contributed by atoms with Crippen LogP contribution in [-0.4, -0.2) is 67.6 Å². The minimum atomic E-state index is -4.18. The number of nitrogens with two attached hydrogens (primary N) is 1. The first-order valence-electron chi connectivity index (χ1n) is 11.6. The molecule has 10 nitrogen and oxygen atoms in total. The van der Waals surface area contributed by atoms with E-state index in [1.807, 2.05) is 4.90 Å². The van der Waals surface area contributed by atoms with Crippen LogP contribution in [0.3, 0.4) is 0 Å². The average molecular weight is 665 g/mol. The van der Waals surface area contributed by atoms with Gasteiger partial charge >= 0.3 is 5.97 Å². The van der Waals surface area contributed by atoms with Crippen LogP contribution in [0.5, 0.6) is 5.75 Å². The van der Waals surface area contributed by atoms with Gasteiger partial charge in [-0.3, -0.25) is 19.9 Å². The van der Waals surface area contributed by atoms with Gasteiger partial charge in [0, 0.05) is 31.5 Å². The number of anilines is 1. The molecule has 1 fully saturated rings. The molecule has 0 unspecified atom stereocenters. The molecule has 39 heavy (non-hydrogen) atoms. The molecule has 2 aromatic rings. The lowest BCUT2D eigenvalue weighted by molar-refractivity contribution is -0.134. The first kappa shape index (κ1) is 34.2. The Kier molecular flexibility index (Phi) is 13.3. The van der Waals surface area contributed by atoms with Crippen molar-refractivity contribution >= 4 is 80.2 Å². The number of piperidine rings is 1. The topological polar surface area (TPSA) is 161 Å². The predicted octanol–water partition coefficient (Wildman–Crippen LogP) is 4.35. The molecule has 1 aliphatic rings. The maximum Gasteiger partial charge on any atom is 0.320 e. The van der Waals surface area contributed by atoms with Crippen molar-refractivity contribution in [2.75, 3.05) is 29.7 Å². The van der Waals surface area contributed by atoms with Gasteiger partial charge in [0.05, 0.1) is 22.5 Å². The summed E-state index contributed by atoms with van der Waals surface area (Å²) in [6.45, 7) is 3.13. The monoisotopic (exact) mass is 663 g/mol. The largest absolute Gasteiger partial charge is 0.489 e. The van der Waals surface area contributed by atoms with Crippen LogP contribution in [0.4, 0.5) is 5.69 Å². The number of nitrogens with one attached hydrogen (secondary N) is 2. The number of likely N-dealkylation sites (tertiary alicyclic amines) is 1. The van der Waals surface area contributed by atoms with Crippen molar-refractivity contribution in [3.8, 4) is 5.75 Å². The molecule has 0 bridgehead atoms. The normalized spacial score (nSPS) is 13.7. The maximum absolute atomic E-state index is 12.9. The van der Waals surface area contributed by atoms with E-state index in [1.165, 1.54) is 0 Å². The number of hydrogen-bond donors (Lipinski definition) is 4. The van der Waals surface area contributed by atoms with Crippen LogP contribution in [0, 0.1) is 10.8 Å². The van der Waals surface area contributed by atoms with E-state index in [0.717, 1.165) is 35.8 Å². The molecular formula is C25H32BrCl2N5O5S. The summed E-state index contributed by atoms with van der Waals surface area (Å²) in [4.78, 5) is 13.2. The molecule has 214 valence electrons. The van der Waals surface area contributed by atoms with Crippen molar-refractivity contribution in [1.29, 1.82) is 10.8 Å². The second-order valence-electron chi connectivity index (χ2n) is 8.63. The third-order valence-corrected chi connectivity index (χ3v) is 8.10. The quantitative estimate of drug-likeness (QED) is 0.217. The number of amidine groups is 2. The molecule has 14 heteroatoms. The van der Waals surface area contributed by atoms with Crippen LogP contribution in [-0.2, 0) is 14.8 Å². The second kappa shape index (κ2) is 15.1. The third-order valence-electron chi connectivity index (χ3n) is 5.83. The summed E-state index contributed by atoms with van der Waals surface area (Å²) in [6.07, 6.45) is 4.79. The molecule has 0 aromatic heterocycles. The molecule has 1 heterocycles. The standard InChI is InChI=1S/C25H30BrN5O5S.2ClH/c1-17(27)30-12-9-21(10-13-30)36-23-8-7-20(15-22(23)26)31(37(34,35)16-24(32)33)11-3-5-18-4-2-6-19(14-18)25(28)29;;/h2-8,14-15,21,27H,9-13,16H2,1H3,(H3,28,29)(H,32,33);2*1H/b5-3+,27-17?;;. The first-order chi connectivity index (χ1) is 17.5. The number of sulfonamides is 1. The van der Waals surface area contributed by atoms with Crippen LogP contribution in [0.15, 0.2) is 53.0 Å². The zero-order chi connectivity index (χ0) is 27.2. The zero-order valence-corrected chi connectivity index (χ0v) is 25.2. The highest BCUT2D eigenvalue weighted by Crippen LogP contribution is 2.33. The number of carbonyl (C=O) groups is 1. The lowest BCUT2D eigenvalue weighted by Gasteiger charge is -2.33. The summed E-state index contributed by atoms with van der Waals surface area (Å²) in [6, 6.07) is 11.8. The summed E-state index contributed by atoms with van der Waals surface area (Å²) < 4.78 is 33.5. The van der Waals surface area contributed by atoms with E-state index in [9.17, 15) is 13.2 Å². The Hall–Kier alpha value is -2.80. The molecule has 0 radical (unpaired) electrons. The van der Waals surface area contributed by atoms with Crippen LogP contribution in [0.1, 0.15) is 30.9 Å². The molecule has 0 aliphatic carbocycles. The van der Waals surface area contributed by atoms with Gasteiger partial charge in [-0.2, -0.15) is 0 Å². The zero-order valence-electron chi connectivity index (χ0n) is 21.2. The molecule has 3 rings (SSSR count). The van der Waals surface area contributed by atoms with E-state index < -0.39 is 21.7 Å². The minimum absolute atomic E-state index is 0. The van der Waals surface area contributed by atoms with Crippen LogP contribution in [0.2, 0.25) is 0 Å². The van der Waals surface area contributed by atoms with Crippen molar-refractivity contribution < 1.29 is 23.1 Å². The number of nitrogen functional groups attached to an aromatic ring is 1. The molecule has 0 amide bonds. The smallest absolute Gasteiger partial charge is 0.320 e. The van der Waals surface area contributed by atoms with E-state index in [4.69, 9.17) is 26.4 Å². The van der Waals surface area contributed by atoms with Gasteiger partial charge in [0.25, 0.3) is 0 Å². The third kappa shape index (κ3) is 9.71. The molecule has 1 aliphatic heterocycles. The molecule has 2 aromatic carbocycles. The maximum atomic E-state index is 12.9. The fourth-order valence-electron chi connectivity index (χ4n) is 3.94. The van der Waals surface area contributed by atoms with Crippen LogP contribution >= 0.6 is 40.7 Å². The Morgan fingerprint density at radius 3 is 2.44 bits per heavy atom. The molecule has 0 atom stereocenters. The number of carboxylic acid groups (broad SMARTS) is 1. The number of benzene rings is 2. The predicted molar refractivity (Wildman–Crippen MR) is 163 cm³/mol. The lowest BCUT2D eigenvalue weighted by atomic mass is 10.1. The molecular weight excluding hydrogens is 633 g/mol. The van der Waals surface area contributed by atoms with E-state index in [1.54, 1.807) is 61.5 Å². The summed E-state index contributed by atoms with van der Waals surface area (Å²) in [7, 11) is -4.18. The molecule has 1 saturated heterocycles. The minimum Gasteiger partial charge on any atom is -0.489 e. The number of rotatable bonds is 10. The van der Waals surface area contributed by atoms with E-state index in [0.29, 0.717) is 21.6 Å². The Morgan fingerprint density at radius 2 is 1.87 bits per heavy atom. The molecule has 0 saturated carbocycles. The fourth-order valence-corrected chi connectivity index (χ4v) is 5.61. The van der Waals surface area contributed by atoms with E-state index in [-0.39, 0.29) is 49.0 Å². The number of aliphatic carboxylic acids is 1. The highest BCUT2D eigenvalue weighted by Gasteiger charge is 2.26. The number of hydrogen-bond acceptors (Lipinski definition) is 6. The average Bonchev–Trinajstić information content (AvgIpc) is 2.83. The Labute approximate surface area is 249 Å². The summed E-state index contributed by atoms with van der Waals surface area (Å²) >= 11 is 3.46. The van der Waals surface area contributed by atoms with Gasteiger partial charge in [0.2, 0.25) is 10.0 Å². The summed E-state index contributed by atoms with van der Waals surface area (Å²) in [5.41, 5.74) is 7.08. The summed E-state index contributed by atoms with van der Waals surface area (Å²) in [5.74, 6) is -1.49. The van der Waals surface area contributed by atoms with Gasteiger partial charge in [-0.25, -0.2) is 8.42 Å². The number of halogens is 3. The van der Waals surface area contributed by atoms with Gasteiger partial charge in [-0.05, 0) is 52.7 Å². The van der Waals surface area contributed by atoms with Crippen molar-refractivity contribution in [3.63, 3.8) is 0 Å². The van der Waals surface area contributed by atoms with Gasteiger partial charge in [0.15, 0.2) is 5.75 Å². The first-order valence-corrected chi connectivity index (χ1v) is 14.0. The number of ether oxygens (including phenoxy) is 1. The lowest BCUT2D eigenvalue weighted by Crippen LogP contribution is -2.40. The van der Waals surface area contributed by atoms with Gasteiger partial charge in [0.1, 0.15) is 17.7 Å². The Bertz CT molecular complexity index is 1320. The molecule has 5 N–H and O–H groups in total. The van der Waals surface area contributed by atoms with E-state index in [2.05, 4.69) is 15.9 Å². The Morgan fingerprint density at radius 1 is 1.21 bits per heavy atom. The SMILES string of the molecule is CC(=N)N1CCC(Oc2ccc(N(C/C=C/c3cccc(C(=N)N)c3)S(=O)(=O)CC(=O)O)cc2Br)CC1.Cl.Cl. The van der Waals surface area contributed by atoms with Gasteiger partial charge in [-0.15, -0.1) is 24.8 Å². The second-order valence-corrected chi connectivity index (χ2v) is 11.4. The van der Waals surface area contributed by atoms with Crippen molar-refractivity contribution in [1.82, 2.24) is 4.90 Å². The van der Waals surface area contributed by atoms with Crippen LogP contribution in [0.25, 0.3) is 6.08 Å². The fraction of sp³-hybridized carbons (Fsp3) is 0.320. The van der Waals surface area contributed by atoms with Gasteiger partial charge in [-0.1, -0.05) is 30.4 Å². The number of carboxylic acids is 1. The molecule has 0 spiro atoms. The highest BCUT2D eigenvalue weighted by molar-refractivity contribution is 9.10. The summed E-state index contributed by atoms with van der Waals surface area (Å²) in [5, 5.41) is 24.5. The Balaban J connectivity index is 0.00000380. The van der Waals surface area contributed by atoms with Crippen LogP contribution < -0.4 is 14.8 Å². The van der Waals surface area contributed by atoms with E-state index >= 15 is 0 Å². The van der Waals surface area contributed by atoms with Gasteiger partial charge < -0.3 is 20.5 Å². The van der Waals surface area contributed by atoms with Crippen molar-refractivity contribution in [2.45, 2.75) is 25.9 Å². The highest BCUT2D eigenvalue weighted by atomic mass is 79.9. The van der Waals surface area contributed by atoms with Crippen molar-refractivity contribution in [2.24, 2.45) is 5.73 Å². The van der Waals surface area contributed by atoms with Crippen molar-refractivity contribution in [3.05, 3.63) is 64.1 Å².